The molecular formula is C15H18N4O3S. The molecule has 8 heteroatoms. The van der Waals surface area contributed by atoms with Gasteiger partial charge in [-0.1, -0.05) is 11.2 Å². The lowest BCUT2D eigenvalue weighted by molar-refractivity contribution is 0.101. The second-order valence-electron chi connectivity index (χ2n) is 5.29. The number of rotatable bonds is 4. The minimum absolute atomic E-state index is 0.510. The largest absolute Gasteiger partial charge is 0.465 e. The fourth-order valence-corrected chi connectivity index (χ4v) is 2.95. The molecule has 2 aromatic rings. The maximum absolute atomic E-state index is 10.9. The number of thioether (sulfide) groups is 1. The van der Waals surface area contributed by atoms with Crippen LogP contribution in [0.3, 0.4) is 0 Å². The minimum Gasteiger partial charge on any atom is -0.465 e. The number of carboxylic acid groups (broad SMARTS) is 1. The van der Waals surface area contributed by atoms with Crippen molar-refractivity contribution in [3.8, 4) is 11.5 Å². The molecule has 1 N–H and O–H groups in total. The Labute approximate surface area is 138 Å². The Kier molecular flexibility index (Phi) is 4.82. The molecule has 1 aromatic carbocycles. The van der Waals surface area contributed by atoms with Crippen LogP contribution in [-0.2, 0) is 6.54 Å². The number of benzene rings is 1. The van der Waals surface area contributed by atoms with Gasteiger partial charge in [0.15, 0.2) is 5.82 Å². The first kappa shape index (κ1) is 15.8. The third-order valence-electron chi connectivity index (χ3n) is 3.79. The van der Waals surface area contributed by atoms with Gasteiger partial charge in [-0.2, -0.15) is 4.98 Å². The minimum atomic E-state index is -0.861. The summed E-state index contributed by atoms with van der Waals surface area (Å²) < 4.78 is 5.35. The van der Waals surface area contributed by atoms with Crippen LogP contribution in [0.2, 0.25) is 0 Å². The van der Waals surface area contributed by atoms with Crippen molar-refractivity contribution < 1.29 is 14.4 Å². The molecule has 0 unspecified atom stereocenters. The molecule has 1 aliphatic heterocycles. The van der Waals surface area contributed by atoms with E-state index in [1.807, 2.05) is 30.5 Å². The summed E-state index contributed by atoms with van der Waals surface area (Å²) in [6.45, 7) is 2.95. The van der Waals surface area contributed by atoms with Crippen molar-refractivity contribution in [1.29, 1.82) is 0 Å². The molecular weight excluding hydrogens is 316 g/mol. The summed E-state index contributed by atoms with van der Waals surface area (Å²) in [6, 6.07) is 7.97. The molecule has 1 fully saturated rings. The van der Waals surface area contributed by atoms with Gasteiger partial charge >= 0.3 is 6.09 Å². The molecule has 0 spiro atoms. The van der Waals surface area contributed by atoms with Crippen molar-refractivity contribution in [3.63, 3.8) is 0 Å². The predicted octanol–water partition coefficient (Wildman–Crippen LogP) is 2.25. The number of hydrogen-bond acceptors (Lipinski definition) is 6. The molecule has 3 rings (SSSR count). The van der Waals surface area contributed by atoms with Crippen LogP contribution in [-0.4, -0.2) is 63.6 Å². The van der Waals surface area contributed by atoms with Crippen LogP contribution >= 0.6 is 11.8 Å². The smallest absolute Gasteiger partial charge is 0.407 e. The summed E-state index contributed by atoms with van der Waals surface area (Å²) in [5.41, 5.74) is 0.909. The standard InChI is InChI=1S/C15H18N4O3S/c1-23-12-4-2-3-11(9-12)14-16-13(17-22-14)10-18-5-7-19(8-6-18)15(20)21/h2-4,9H,5-8,10H2,1H3,(H,20,21). The number of amides is 1. The maximum atomic E-state index is 10.9. The van der Waals surface area contributed by atoms with Gasteiger partial charge in [0.25, 0.3) is 5.89 Å². The molecule has 1 aromatic heterocycles. The number of piperazine rings is 1. The van der Waals surface area contributed by atoms with Crippen molar-refractivity contribution in [2.75, 3.05) is 32.4 Å². The lowest BCUT2D eigenvalue weighted by Gasteiger charge is -2.32. The summed E-state index contributed by atoms with van der Waals surface area (Å²) in [7, 11) is 0. The molecule has 0 atom stereocenters. The summed E-state index contributed by atoms with van der Waals surface area (Å²) in [6.07, 6.45) is 1.16. The highest BCUT2D eigenvalue weighted by Gasteiger charge is 2.21. The predicted molar refractivity (Wildman–Crippen MR) is 86.4 cm³/mol. The molecule has 0 radical (unpaired) electrons. The van der Waals surface area contributed by atoms with E-state index >= 15 is 0 Å². The third kappa shape index (κ3) is 3.83. The van der Waals surface area contributed by atoms with Crippen LogP contribution < -0.4 is 0 Å². The SMILES string of the molecule is CSc1cccc(-c2nc(CN3CCN(C(=O)O)CC3)no2)c1. The van der Waals surface area contributed by atoms with E-state index in [0.29, 0.717) is 44.4 Å². The lowest BCUT2D eigenvalue weighted by Crippen LogP contribution is -2.47. The Morgan fingerprint density at radius 3 is 2.83 bits per heavy atom. The molecule has 0 saturated carbocycles. The highest BCUT2D eigenvalue weighted by atomic mass is 32.2. The van der Waals surface area contributed by atoms with Crippen LogP contribution in [0.1, 0.15) is 5.82 Å². The Morgan fingerprint density at radius 2 is 2.13 bits per heavy atom. The van der Waals surface area contributed by atoms with Gasteiger partial charge in [0, 0.05) is 36.6 Å². The van der Waals surface area contributed by atoms with Crippen molar-refractivity contribution in [3.05, 3.63) is 30.1 Å². The van der Waals surface area contributed by atoms with Gasteiger partial charge in [-0.25, -0.2) is 4.79 Å². The normalized spacial score (nSPS) is 15.8. The van der Waals surface area contributed by atoms with E-state index in [1.54, 1.807) is 11.8 Å². The Morgan fingerprint density at radius 1 is 1.35 bits per heavy atom. The molecule has 1 aliphatic rings. The fourth-order valence-electron chi connectivity index (χ4n) is 2.49. The second kappa shape index (κ2) is 7.01. The van der Waals surface area contributed by atoms with Gasteiger partial charge < -0.3 is 14.5 Å². The molecule has 0 aliphatic carbocycles. The van der Waals surface area contributed by atoms with Gasteiger partial charge in [0.2, 0.25) is 0 Å². The Hall–Kier alpha value is -2.06. The van der Waals surface area contributed by atoms with E-state index in [0.717, 1.165) is 10.5 Å². The van der Waals surface area contributed by atoms with Crippen LogP contribution in [0, 0.1) is 0 Å². The number of nitrogens with zero attached hydrogens (tertiary/aromatic N) is 4. The highest BCUT2D eigenvalue weighted by Crippen LogP contribution is 2.23. The average Bonchev–Trinajstić information content (AvgIpc) is 3.04. The zero-order chi connectivity index (χ0) is 16.2. The van der Waals surface area contributed by atoms with Crippen LogP contribution in [0.25, 0.3) is 11.5 Å². The van der Waals surface area contributed by atoms with E-state index in [-0.39, 0.29) is 0 Å². The fraction of sp³-hybridized carbons (Fsp3) is 0.400. The first-order valence-electron chi connectivity index (χ1n) is 7.33. The van der Waals surface area contributed by atoms with Gasteiger partial charge in [0.05, 0.1) is 6.54 Å². The monoisotopic (exact) mass is 334 g/mol. The van der Waals surface area contributed by atoms with E-state index < -0.39 is 6.09 Å². The van der Waals surface area contributed by atoms with Crippen LogP contribution in [0.15, 0.2) is 33.7 Å². The molecule has 0 bridgehead atoms. The summed E-state index contributed by atoms with van der Waals surface area (Å²) in [5, 5.41) is 13.0. The average molecular weight is 334 g/mol. The van der Waals surface area contributed by atoms with Crippen molar-refractivity contribution in [2.24, 2.45) is 0 Å². The van der Waals surface area contributed by atoms with Crippen molar-refractivity contribution in [2.45, 2.75) is 11.4 Å². The zero-order valence-electron chi connectivity index (χ0n) is 12.8. The Bertz CT molecular complexity index is 683. The molecule has 122 valence electrons. The quantitative estimate of drug-likeness (QED) is 0.859. The Balaban J connectivity index is 1.62. The third-order valence-corrected chi connectivity index (χ3v) is 4.52. The number of carbonyl (C=O) groups is 1. The van der Waals surface area contributed by atoms with Crippen molar-refractivity contribution >= 4 is 17.9 Å². The van der Waals surface area contributed by atoms with Crippen LogP contribution in [0.4, 0.5) is 4.79 Å². The lowest BCUT2D eigenvalue weighted by atomic mass is 10.2. The first-order chi connectivity index (χ1) is 11.2. The van der Waals surface area contributed by atoms with E-state index in [2.05, 4.69) is 15.0 Å². The first-order valence-corrected chi connectivity index (χ1v) is 8.55. The summed E-state index contributed by atoms with van der Waals surface area (Å²) in [5.74, 6) is 1.14. The van der Waals surface area contributed by atoms with Gasteiger partial charge in [-0.05, 0) is 24.5 Å². The van der Waals surface area contributed by atoms with E-state index in [4.69, 9.17) is 9.63 Å². The second-order valence-corrected chi connectivity index (χ2v) is 6.17. The molecule has 1 amide bonds. The number of hydrogen-bond donors (Lipinski definition) is 1. The number of aromatic nitrogens is 2. The maximum Gasteiger partial charge on any atom is 0.407 e. The van der Waals surface area contributed by atoms with Gasteiger partial charge in [-0.15, -0.1) is 11.8 Å². The van der Waals surface area contributed by atoms with Crippen molar-refractivity contribution in [1.82, 2.24) is 19.9 Å². The summed E-state index contributed by atoms with van der Waals surface area (Å²) >= 11 is 1.66. The summed E-state index contributed by atoms with van der Waals surface area (Å²) in [4.78, 5) is 20.0. The highest BCUT2D eigenvalue weighted by molar-refractivity contribution is 7.98. The molecule has 7 nitrogen and oxygen atoms in total. The van der Waals surface area contributed by atoms with Gasteiger partial charge in [0.1, 0.15) is 0 Å². The topological polar surface area (TPSA) is 82.7 Å². The van der Waals surface area contributed by atoms with Gasteiger partial charge in [-0.3, -0.25) is 4.90 Å². The van der Waals surface area contributed by atoms with Crippen LogP contribution in [0.5, 0.6) is 0 Å². The zero-order valence-corrected chi connectivity index (χ0v) is 13.6. The molecule has 1 saturated heterocycles. The molecule has 23 heavy (non-hydrogen) atoms. The van der Waals surface area contributed by atoms with E-state index in [9.17, 15) is 4.79 Å². The van der Waals surface area contributed by atoms with E-state index in [1.165, 1.54) is 4.90 Å². The molecule has 2 heterocycles.